The number of nitrogens with two attached hydrogens (primary N) is 1. The first-order valence-electron chi connectivity index (χ1n) is 5.40. The Hall–Kier alpha value is -1.21. The van der Waals surface area contributed by atoms with E-state index in [1.807, 2.05) is 19.9 Å². The molecule has 0 atom stereocenters. The van der Waals surface area contributed by atoms with Crippen LogP contribution in [0.15, 0.2) is 6.07 Å². The van der Waals surface area contributed by atoms with Gasteiger partial charge in [0.05, 0.1) is 11.3 Å². The van der Waals surface area contributed by atoms with Crippen LogP contribution in [0.25, 0.3) is 0 Å². The SMILES string of the molecule is Cc1cc(NCCS(C)(=O)=O)c(C(N)=S)c(C)n1. The van der Waals surface area contributed by atoms with Crippen molar-refractivity contribution in [3.8, 4) is 0 Å². The van der Waals surface area contributed by atoms with Crippen molar-refractivity contribution in [3.05, 3.63) is 23.0 Å². The summed E-state index contributed by atoms with van der Waals surface area (Å²) in [5, 5.41) is 3.05. The molecule has 5 nitrogen and oxygen atoms in total. The van der Waals surface area contributed by atoms with Crippen LogP contribution in [-0.4, -0.2) is 36.9 Å². The lowest BCUT2D eigenvalue weighted by Gasteiger charge is -2.13. The van der Waals surface area contributed by atoms with Gasteiger partial charge in [-0.15, -0.1) is 0 Å². The summed E-state index contributed by atoms with van der Waals surface area (Å²) in [6.45, 7) is 4.00. The van der Waals surface area contributed by atoms with Gasteiger partial charge in [-0.05, 0) is 19.9 Å². The Morgan fingerprint density at radius 3 is 2.61 bits per heavy atom. The van der Waals surface area contributed by atoms with Crippen LogP contribution in [0.4, 0.5) is 5.69 Å². The van der Waals surface area contributed by atoms with E-state index in [-0.39, 0.29) is 10.7 Å². The maximum atomic E-state index is 11.1. The van der Waals surface area contributed by atoms with Gasteiger partial charge >= 0.3 is 0 Å². The summed E-state index contributed by atoms with van der Waals surface area (Å²) < 4.78 is 22.1. The first-order chi connectivity index (χ1) is 8.20. The van der Waals surface area contributed by atoms with Crippen LogP contribution in [0.2, 0.25) is 0 Å². The van der Waals surface area contributed by atoms with Crippen molar-refractivity contribution in [2.45, 2.75) is 13.8 Å². The molecule has 0 saturated carbocycles. The van der Waals surface area contributed by atoms with Gasteiger partial charge in [0.15, 0.2) is 0 Å². The van der Waals surface area contributed by atoms with Crippen molar-refractivity contribution >= 4 is 32.7 Å². The molecule has 0 fully saturated rings. The van der Waals surface area contributed by atoms with E-state index >= 15 is 0 Å². The molecule has 0 aliphatic rings. The Bertz CT molecular complexity index is 568. The van der Waals surface area contributed by atoms with Gasteiger partial charge in [-0.2, -0.15) is 0 Å². The van der Waals surface area contributed by atoms with Gasteiger partial charge in [-0.25, -0.2) is 8.42 Å². The molecule has 0 spiro atoms. The fourth-order valence-electron chi connectivity index (χ4n) is 1.65. The highest BCUT2D eigenvalue weighted by molar-refractivity contribution is 7.90. The predicted molar refractivity (Wildman–Crippen MR) is 77.8 cm³/mol. The summed E-state index contributed by atoms with van der Waals surface area (Å²) in [6.07, 6.45) is 1.20. The Kier molecular flexibility index (Phi) is 4.64. The number of aryl methyl sites for hydroxylation is 2. The lowest BCUT2D eigenvalue weighted by Crippen LogP contribution is -2.19. The smallest absolute Gasteiger partial charge is 0.149 e. The van der Waals surface area contributed by atoms with Gasteiger partial charge in [0.1, 0.15) is 14.8 Å². The monoisotopic (exact) mass is 287 g/mol. The molecule has 3 N–H and O–H groups in total. The number of pyridine rings is 1. The normalized spacial score (nSPS) is 11.3. The number of hydrogen-bond donors (Lipinski definition) is 2. The van der Waals surface area contributed by atoms with E-state index in [4.69, 9.17) is 18.0 Å². The predicted octanol–water partition coefficient (Wildman–Crippen LogP) is 0.789. The Morgan fingerprint density at radius 2 is 2.11 bits per heavy atom. The molecule has 100 valence electrons. The molecule has 1 heterocycles. The summed E-state index contributed by atoms with van der Waals surface area (Å²) in [5.74, 6) is 0.0597. The van der Waals surface area contributed by atoms with Crippen LogP contribution in [0.3, 0.4) is 0 Å². The lowest BCUT2D eigenvalue weighted by molar-refractivity contribution is 0.602. The van der Waals surface area contributed by atoms with E-state index in [0.29, 0.717) is 12.1 Å². The Balaban J connectivity index is 2.97. The fourth-order valence-corrected chi connectivity index (χ4v) is 2.38. The number of nitrogens with zero attached hydrogens (tertiary/aromatic N) is 1. The highest BCUT2D eigenvalue weighted by Crippen LogP contribution is 2.19. The number of sulfone groups is 1. The van der Waals surface area contributed by atoms with Gasteiger partial charge in [0.25, 0.3) is 0 Å². The average molecular weight is 287 g/mol. The molecule has 0 aliphatic heterocycles. The maximum Gasteiger partial charge on any atom is 0.149 e. The van der Waals surface area contributed by atoms with Crippen LogP contribution in [-0.2, 0) is 9.84 Å². The zero-order chi connectivity index (χ0) is 13.9. The highest BCUT2D eigenvalue weighted by atomic mass is 32.2. The van der Waals surface area contributed by atoms with Crippen LogP contribution in [0.5, 0.6) is 0 Å². The molecule has 0 amide bonds. The van der Waals surface area contributed by atoms with Gasteiger partial charge in [0.2, 0.25) is 0 Å². The first kappa shape index (κ1) is 14.8. The minimum atomic E-state index is -2.99. The van der Waals surface area contributed by atoms with Gasteiger partial charge in [-0.3, -0.25) is 4.98 Å². The Labute approximate surface area is 113 Å². The minimum absolute atomic E-state index is 0.0597. The second-order valence-corrected chi connectivity index (χ2v) is 6.89. The molecule has 0 unspecified atom stereocenters. The van der Waals surface area contributed by atoms with Crippen molar-refractivity contribution in [1.82, 2.24) is 4.98 Å². The van der Waals surface area contributed by atoms with Gasteiger partial charge in [-0.1, -0.05) is 12.2 Å². The third-order valence-electron chi connectivity index (χ3n) is 2.36. The average Bonchev–Trinajstić information content (AvgIpc) is 2.13. The first-order valence-corrected chi connectivity index (χ1v) is 7.87. The standard InChI is InChI=1S/C11H17N3O2S2/c1-7-6-9(13-4-5-18(3,15)16)10(11(12)17)8(2)14-7/h6H,4-5H2,1-3H3,(H2,12,17)(H,13,14). The molecule has 0 aromatic carbocycles. The second kappa shape index (κ2) is 5.62. The topological polar surface area (TPSA) is 85.1 Å². The molecule has 0 saturated heterocycles. The molecule has 1 rings (SSSR count). The van der Waals surface area contributed by atoms with E-state index < -0.39 is 9.84 Å². The molecule has 7 heteroatoms. The molecule has 0 radical (unpaired) electrons. The van der Waals surface area contributed by atoms with Crippen molar-refractivity contribution in [1.29, 1.82) is 0 Å². The summed E-state index contributed by atoms with van der Waals surface area (Å²) in [4.78, 5) is 4.54. The number of rotatable bonds is 5. The lowest BCUT2D eigenvalue weighted by atomic mass is 10.1. The zero-order valence-corrected chi connectivity index (χ0v) is 12.3. The van der Waals surface area contributed by atoms with Crippen molar-refractivity contribution in [2.75, 3.05) is 23.9 Å². The fraction of sp³-hybridized carbons (Fsp3) is 0.455. The van der Waals surface area contributed by atoms with Crippen molar-refractivity contribution in [2.24, 2.45) is 5.73 Å². The number of thiocarbonyl (C=S) groups is 1. The quantitative estimate of drug-likeness (QED) is 0.779. The zero-order valence-electron chi connectivity index (χ0n) is 10.6. The number of nitrogens with one attached hydrogen (secondary N) is 1. The van der Waals surface area contributed by atoms with Crippen molar-refractivity contribution in [3.63, 3.8) is 0 Å². The van der Waals surface area contributed by atoms with Crippen LogP contribution < -0.4 is 11.1 Å². The van der Waals surface area contributed by atoms with Crippen LogP contribution in [0, 0.1) is 13.8 Å². The third-order valence-corrected chi connectivity index (χ3v) is 3.51. The minimum Gasteiger partial charge on any atom is -0.389 e. The van der Waals surface area contributed by atoms with E-state index in [1.165, 1.54) is 6.26 Å². The Morgan fingerprint density at radius 1 is 1.50 bits per heavy atom. The molecule has 0 aliphatic carbocycles. The highest BCUT2D eigenvalue weighted by Gasteiger charge is 2.11. The summed E-state index contributed by atoms with van der Waals surface area (Å²) >= 11 is 4.98. The number of hydrogen-bond acceptors (Lipinski definition) is 5. The van der Waals surface area contributed by atoms with Gasteiger partial charge < -0.3 is 11.1 Å². The summed E-state index contributed by atoms with van der Waals surface area (Å²) in [7, 11) is -2.99. The number of aromatic nitrogens is 1. The van der Waals surface area contributed by atoms with E-state index in [9.17, 15) is 8.42 Å². The van der Waals surface area contributed by atoms with Gasteiger partial charge in [0, 0.05) is 29.9 Å². The van der Waals surface area contributed by atoms with Crippen LogP contribution in [0.1, 0.15) is 17.0 Å². The second-order valence-electron chi connectivity index (χ2n) is 4.19. The molecule has 18 heavy (non-hydrogen) atoms. The molecule has 0 bridgehead atoms. The van der Waals surface area contributed by atoms with Crippen molar-refractivity contribution < 1.29 is 8.42 Å². The largest absolute Gasteiger partial charge is 0.389 e. The van der Waals surface area contributed by atoms with Crippen LogP contribution >= 0.6 is 12.2 Å². The molecule has 1 aromatic heterocycles. The van der Waals surface area contributed by atoms with E-state index in [0.717, 1.165) is 17.1 Å². The molecular weight excluding hydrogens is 270 g/mol. The summed E-state index contributed by atoms with van der Waals surface area (Å²) in [6, 6.07) is 1.81. The van der Waals surface area contributed by atoms with E-state index in [1.54, 1.807) is 0 Å². The summed E-state index contributed by atoms with van der Waals surface area (Å²) in [5.41, 5.74) is 8.63. The number of anilines is 1. The molecular formula is C11H17N3O2S2. The third kappa shape index (κ3) is 4.23. The van der Waals surface area contributed by atoms with E-state index in [2.05, 4.69) is 10.3 Å². The molecule has 1 aromatic rings. The maximum absolute atomic E-state index is 11.1.